The lowest BCUT2D eigenvalue weighted by atomic mass is 9.69. The van der Waals surface area contributed by atoms with E-state index in [2.05, 4.69) is 6.07 Å². The fourth-order valence-corrected chi connectivity index (χ4v) is 5.13. The van der Waals surface area contributed by atoms with Gasteiger partial charge in [-0.1, -0.05) is 72.8 Å². The smallest absolute Gasteiger partial charge is 0.319 e. The maximum Gasteiger partial charge on any atom is 0.319 e. The zero-order chi connectivity index (χ0) is 20.7. The predicted octanol–water partition coefficient (Wildman–Crippen LogP) is 4.44. The normalized spacial score (nSPS) is 21.6. The van der Waals surface area contributed by atoms with Crippen LogP contribution in [0.3, 0.4) is 0 Å². The number of nitrogens with zero attached hydrogens (tertiary/aromatic N) is 1. The van der Waals surface area contributed by atoms with Crippen molar-refractivity contribution in [1.82, 2.24) is 4.90 Å². The first-order chi connectivity index (χ1) is 14.7. The Bertz CT molecular complexity index is 1120. The number of hydrogen-bond acceptors (Lipinski definition) is 3. The maximum atomic E-state index is 13.7. The van der Waals surface area contributed by atoms with E-state index in [0.717, 1.165) is 22.3 Å². The lowest BCUT2D eigenvalue weighted by Gasteiger charge is -2.45. The molecule has 0 fully saturated rings. The van der Waals surface area contributed by atoms with Crippen molar-refractivity contribution in [3.63, 3.8) is 0 Å². The van der Waals surface area contributed by atoms with Crippen LogP contribution in [0.2, 0.25) is 0 Å². The Labute approximate surface area is 176 Å². The summed E-state index contributed by atoms with van der Waals surface area (Å²) < 4.78 is 5.63. The molecule has 1 aliphatic carbocycles. The highest BCUT2D eigenvalue weighted by atomic mass is 16.5. The zero-order valence-corrected chi connectivity index (χ0v) is 16.9. The number of ether oxygens (including phenoxy) is 1. The number of esters is 1. The third kappa shape index (κ3) is 2.60. The number of amides is 1. The number of benzene rings is 3. The summed E-state index contributed by atoms with van der Waals surface area (Å²) in [6.45, 7) is 2.57. The van der Waals surface area contributed by atoms with Crippen molar-refractivity contribution in [3.05, 3.63) is 107 Å². The molecular weight excluding hydrogens is 374 g/mol. The van der Waals surface area contributed by atoms with E-state index in [1.165, 1.54) is 0 Å². The van der Waals surface area contributed by atoms with Gasteiger partial charge in [0.05, 0.1) is 12.6 Å². The van der Waals surface area contributed by atoms with Crippen molar-refractivity contribution in [2.45, 2.75) is 31.3 Å². The summed E-state index contributed by atoms with van der Waals surface area (Å²) in [5.74, 6) is -0.305. The molecule has 0 spiro atoms. The van der Waals surface area contributed by atoms with Gasteiger partial charge in [-0.3, -0.25) is 9.59 Å². The Morgan fingerprint density at radius 1 is 1.00 bits per heavy atom. The van der Waals surface area contributed by atoms with Gasteiger partial charge < -0.3 is 9.64 Å². The lowest BCUT2D eigenvalue weighted by molar-refractivity contribution is -0.153. The molecule has 0 radical (unpaired) electrons. The van der Waals surface area contributed by atoms with Gasteiger partial charge in [-0.25, -0.2) is 0 Å². The Morgan fingerprint density at radius 2 is 1.70 bits per heavy atom. The first kappa shape index (κ1) is 18.6. The van der Waals surface area contributed by atoms with E-state index in [1.807, 2.05) is 84.6 Å². The summed E-state index contributed by atoms with van der Waals surface area (Å²) in [6, 6.07) is 25.1. The highest BCUT2D eigenvalue weighted by molar-refractivity contribution is 6.03. The second-order valence-corrected chi connectivity index (χ2v) is 7.93. The Hall–Kier alpha value is -3.40. The van der Waals surface area contributed by atoms with Gasteiger partial charge in [0.25, 0.3) is 5.91 Å². The largest absolute Gasteiger partial charge is 0.465 e. The second-order valence-electron chi connectivity index (χ2n) is 7.93. The molecule has 30 heavy (non-hydrogen) atoms. The summed E-state index contributed by atoms with van der Waals surface area (Å²) in [5, 5.41) is 0. The fourth-order valence-electron chi connectivity index (χ4n) is 5.13. The first-order valence-corrected chi connectivity index (χ1v) is 10.4. The molecule has 4 nitrogen and oxygen atoms in total. The van der Waals surface area contributed by atoms with E-state index < -0.39 is 11.5 Å². The number of hydrogen-bond donors (Lipinski definition) is 0. The van der Waals surface area contributed by atoms with Crippen molar-refractivity contribution in [2.24, 2.45) is 0 Å². The van der Waals surface area contributed by atoms with E-state index in [9.17, 15) is 9.59 Å². The van der Waals surface area contributed by atoms with E-state index in [-0.39, 0.29) is 11.9 Å². The molecular formula is C26H23NO3. The van der Waals surface area contributed by atoms with Gasteiger partial charge in [-0.2, -0.15) is 0 Å². The Balaban J connectivity index is 1.76. The van der Waals surface area contributed by atoms with Crippen LogP contribution in [0.1, 0.15) is 45.6 Å². The molecule has 0 aromatic heterocycles. The van der Waals surface area contributed by atoms with Gasteiger partial charge in [0.2, 0.25) is 0 Å². The highest BCUT2D eigenvalue weighted by Crippen LogP contribution is 2.55. The summed E-state index contributed by atoms with van der Waals surface area (Å²) in [7, 11) is 0. The van der Waals surface area contributed by atoms with E-state index in [0.29, 0.717) is 25.1 Å². The molecule has 2 aliphatic rings. The van der Waals surface area contributed by atoms with Crippen LogP contribution in [0, 0.1) is 0 Å². The molecule has 3 aromatic rings. The molecule has 150 valence electrons. The summed E-state index contributed by atoms with van der Waals surface area (Å²) in [6.07, 6.45) is 0.530. The van der Waals surface area contributed by atoms with Crippen LogP contribution in [-0.2, 0) is 27.9 Å². The quantitative estimate of drug-likeness (QED) is 0.612. The van der Waals surface area contributed by atoms with E-state index in [1.54, 1.807) is 0 Å². The van der Waals surface area contributed by atoms with Gasteiger partial charge in [-0.15, -0.1) is 0 Å². The van der Waals surface area contributed by atoms with Crippen LogP contribution in [0.25, 0.3) is 0 Å². The lowest BCUT2D eigenvalue weighted by Crippen LogP contribution is -2.54. The van der Waals surface area contributed by atoms with Gasteiger partial charge in [0.1, 0.15) is 5.41 Å². The number of fused-ring (bicyclic) bond motifs is 5. The van der Waals surface area contributed by atoms with Crippen molar-refractivity contribution in [2.75, 3.05) is 6.61 Å². The predicted molar refractivity (Wildman–Crippen MR) is 114 cm³/mol. The van der Waals surface area contributed by atoms with Crippen LogP contribution < -0.4 is 0 Å². The van der Waals surface area contributed by atoms with Crippen molar-refractivity contribution in [1.29, 1.82) is 0 Å². The molecule has 0 saturated carbocycles. The average Bonchev–Trinajstić information content (AvgIpc) is 3.14. The topological polar surface area (TPSA) is 46.6 Å². The summed E-state index contributed by atoms with van der Waals surface area (Å²) in [4.78, 5) is 29.1. The molecule has 4 heteroatoms. The van der Waals surface area contributed by atoms with Crippen molar-refractivity contribution in [3.8, 4) is 0 Å². The number of rotatable bonds is 4. The first-order valence-electron chi connectivity index (χ1n) is 10.4. The average molecular weight is 397 g/mol. The minimum atomic E-state index is -0.932. The van der Waals surface area contributed by atoms with E-state index in [4.69, 9.17) is 4.74 Å². The maximum absolute atomic E-state index is 13.7. The molecule has 0 bridgehead atoms. The molecule has 3 aromatic carbocycles. The molecule has 1 heterocycles. The Morgan fingerprint density at radius 3 is 2.50 bits per heavy atom. The standard InChI is InChI=1S/C26H23NO3/c1-2-30-25(29)26-16-19-12-6-7-13-20(19)23(26)27(17-18-10-4-3-5-11-18)24(28)21-14-8-9-15-22(21)26/h3-15,23H,2,16-17H2,1H3/t23-,26+/m1/s1. The van der Waals surface area contributed by atoms with Crippen molar-refractivity contribution >= 4 is 11.9 Å². The Kier molecular flexibility index (Phi) is 4.43. The minimum absolute atomic E-state index is 0.0453. The van der Waals surface area contributed by atoms with Crippen molar-refractivity contribution < 1.29 is 14.3 Å². The zero-order valence-electron chi connectivity index (χ0n) is 16.9. The van der Waals surface area contributed by atoms with Crippen LogP contribution >= 0.6 is 0 Å². The van der Waals surface area contributed by atoms with Gasteiger partial charge in [0.15, 0.2) is 0 Å². The van der Waals surface area contributed by atoms with Crippen LogP contribution in [0.5, 0.6) is 0 Å². The molecule has 0 unspecified atom stereocenters. The monoisotopic (exact) mass is 397 g/mol. The van der Waals surface area contributed by atoms with Gasteiger partial charge in [-0.05, 0) is 41.7 Å². The number of carbonyl (C=O) groups is 2. The third-order valence-corrected chi connectivity index (χ3v) is 6.33. The molecule has 0 N–H and O–H groups in total. The SMILES string of the molecule is CCOC(=O)[C@]12Cc3ccccc3[C@H]1N(Cc1ccccc1)C(=O)c1ccccc12. The molecule has 1 amide bonds. The van der Waals surface area contributed by atoms with Gasteiger partial charge in [0, 0.05) is 12.1 Å². The minimum Gasteiger partial charge on any atom is -0.465 e. The molecule has 0 saturated heterocycles. The summed E-state index contributed by atoms with van der Waals surface area (Å²) in [5.41, 5.74) is 3.60. The van der Waals surface area contributed by atoms with E-state index >= 15 is 0 Å². The molecule has 5 rings (SSSR count). The van der Waals surface area contributed by atoms with Crippen LogP contribution in [0.15, 0.2) is 78.9 Å². The van der Waals surface area contributed by atoms with Gasteiger partial charge >= 0.3 is 5.97 Å². The third-order valence-electron chi connectivity index (χ3n) is 6.33. The fraction of sp³-hybridized carbons (Fsp3) is 0.231. The molecule has 2 atom stereocenters. The summed E-state index contributed by atoms with van der Waals surface area (Å²) >= 11 is 0. The second kappa shape index (κ2) is 7.13. The van der Waals surface area contributed by atoms with Crippen LogP contribution in [-0.4, -0.2) is 23.4 Å². The van der Waals surface area contributed by atoms with Crippen LogP contribution in [0.4, 0.5) is 0 Å². The number of carbonyl (C=O) groups excluding carboxylic acids is 2. The highest BCUT2D eigenvalue weighted by Gasteiger charge is 2.60. The molecule has 1 aliphatic heterocycles.